The highest BCUT2D eigenvalue weighted by atomic mass is 19.1. The van der Waals surface area contributed by atoms with Gasteiger partial charge in [0.2, 0.25) is 5.91 Å². The normalized spacial score (nSPS) is 19.8. The van der Waals surface area contributed by atoms with E-state index < -0.39 is 6.17 Å². The van der Waals surface area contributed by atoms with Gasteiger partial charge in [-0.1, -0.05) is 0 Å². The van der Waals surface area contributed by atoms with Crippen LogP contribution < -0.4 is 10.1 Å². The molecule has 0 aliphatic carbocycles. The summed E-state index contributed by atoms with van der Waals surface area (Å²) < 4.78 is 18.0. The molecule has 5 heteroatoms. The van der Waals surface area contributed by atoms with Crippen molar-refractivity contribution in [3.8, 4) is 5.75 Å². The fourth-order valence-electron chi connectivity index (χ4n) is 2.01. The highest BCUT2D eigenvalue weighted by Gasteiger charge is 2.23. The van der Waals surface area contributed by atoms with Crippen LogP contribution in [0, 0.1) is 0 Å². The smallest absolute Gasteiger partial charge is 0.238 e. The Bertz CT molecular complexity index is 408. The van der Waals surface area contributed by atoms with Gasteiger partial charge >= 0.3 is 0 Å². The van der Waals surface area contributed by atoms with Crippen LogP contribution in [-0.4, -0.2) is 43.7 Å². The number of ether oxygens (including phenoxy) is 1. The van der Waals surface area contributed by atoms with E-state index in [1.807, 2.05) is 4.90 Å². The van der Waals surface area contributed by atoms with Crippen molar-refractivity contribution >= 4 is 11.6 Å². The van der Waals surface area contributed by atoms with Gasteiger partial charge in [-0.25, -0.2) is 4.39 Å². The second-order valence-corrected chi connectivity index (χ2v) is 4.40. The molecule has 2 rings (SSSR count). The zero-order chi connectivity index (χ0) is 13.0. The van der Waals surface area contributed by atoms with Gasteiger partial charge in [-0.15, -0.1) is 0 Å². The molecule has 1 fully saturated rings. The van der Waals surface area contributed by atoms with Crippen molar-refractivity contribution < 1.29 is 13.9 Å². The van der Waals surface area contributed by atoms with Gasteiger partial charge in [0.1, 0.15) is 11.9 Å². The first-order valence-electron chi connectivity index (χ1n) is 5.97. The lowest BCUT2D eigenvalue weighted by molar-refractivity contribution is -0.117. The Kier molecular flexibility index (Phi) is 4.15. The molecule has 1 saturated heterocycles. The summed E-state index contributed by atoms with van der Waals surface area (Å²) >= 11 is 0. The zero-order valence-electron chi connectivity index (χ0n) is 10.4. The summed E-state index contributed by atoms with van der Waals surface area (Å²) in [6, 6.07) is 7.11. The zero-order valence-corrected chi connectivity index (χ0v) is 10.4. The van der Waals surface area contributed by atoms with Crippen molar-refractivity contribution in [1.29, 1.82) is 0 Å². The van der Waals surface area contributed by atoms with E-state index in [1.165, 1.54) is 0 Å². The Labute approximate surface area is 106 Å². The van der Waals surface area contributed by atoms with Gasteiger partial charge in [-0.05, 0) is 30.7 Å². The van der Waals surface area contributed by atoms with Gasteiger partial charge < -0.3 is 10.1 Å². The molecule has 18 heavy (non-hydrogen) atoms. The number of carbonyl (C=O) groups is 1. The third kappa shape index (κ3) is 3.43. The Morgan fingerprint density at radius 1 is 1.50 bits per heavy atom. The lowest BCUT2D eigenvalue weighted by atomic mass is 10.3. The number of hydrogen-bond acceptors (Lipinski definition) is 3. The van der Waals surface area contributed by atoms with E-state index in [1.54, 1.807) is 31.4 Å². The van der Waals surface area contributed by atoms with Crippen LogP contribution in [0.1, 0.15) is 6.42 Å². The van der Waals surface area contributed by atoms with Crippen LogP contribution in [0.5, 0.6) is 5.75 Å². The van der Waals surface area contributed by atoms with E-state index in [4.69, 9.17) is 4.74 Å². The van der Waals surface area contributed by atoms with Crippen molar-refractivity contribution in [1.82, 2.24) is 4.90 Å². The fraction of sp³-hybridized carbons (Fsp3) is 0.462. The molecule has 1 aliphatic heterocycles. The summed E-state index contributed by atoms with van der Waals surface area (Å²) in [4.78, 5) is 13.5. The van der Waals surface area contributed by atoms with Gasteiger partial charge in [-0.3, -0.25) is 9.69 Å². The number of nitrogens with zero attached hydrogens (tertiary/aromatic N) is 1. The minimum absolute atomic E-state index is 0.116. The lowest BCUT2D eigenvalue weighted by Gasteiger charge is -2.14. The standard InChI is InChI=1S/C13H17FN2O2/c1-18-12-4-2-11(3-5-12)15-13(17)9-16-7-6-10(14)8-16/h2-5,10H,6-9H2,1H3,(H,15,17). The number of halogens is 1. The summed E-state index contributed by atoms with van der Waals surface area (Å²) in [6.45, 7) is 1.25. The molecular formula is C13H17FN2O2. The topological polar surface area (TPSA) is 41.6 Å². The number of methoxy groups -OCH3 is 1. The van der Waals surface area contributed by atoms with Crippen molar-refractivity contribution in [3.63, 3.8) is 0 Å². The molecule has 1 aliphatic rings. The Hall–Kier alpha value is -1.62. The molecule has 0 saturated carbocycles. The molecule has 98 valence electrons. The summed E-state index contributed by atoms with van der Waals surface area (Å²) in [5, 5.41) is 2.78. The molecule has 1 unspecified atom stereocenters. The fourth-order valence-corrected chi connectivity index (χ4v) is 2.01. The van der Waals surface area contributed by atoms with Crippen molar-refractivity contribution in [2.45, 2.75) is 12.6 Å². The quantitative estimate of drug-likeness (QED) is 0.886. The predicted octanol–water partition coefficient (Wildman–Crippen LogP) is 1.68. The number of nitrogens with one attached hydrogen (secondary N) is 1. The molecule has 1 aromatic rings. The van der Waals surface area contributed by atoms with E-state index in [9.17, 15) is 9.18 Å². The molecular weight excluding hydrogens is 235 g/mol. The molecule has 1 N–H and O–H groups in total. The number of benzene rings is 1. The molecule has 1 amide bonds. The predicted molar refractivity (Wildman–Crippen MR) is 67.6 cm³/mol. The maximum atomic E-state index is 12.9. The molecule has 1 aromatic carbocycles. The number of likely N-dealkylation sites (tertiary alicyclic amines) is 1. The molecule has 0 radical (unpaired) electrons. The molecule has 0 spiro atoms. The van der Waals surface area contributed by atoms with E-state index >= 15 is 0 Å². The Balaban J connectivity index is 1.83. The number of rotatable bonds is 4. The summed E-state index contributed by atoms with van der Waals surface area (Å²) in [5.74, 6) is 0.627. The number of anilines is 1. The first-order chi connectivity index (χ1) is 8.67. The maximum absolute atomic E-state index is 12.9. The molecule has 1 heterocycles. The monoisotopic (exact) mass is 252 g/mol. The number of alkyl halides is 1. The second kappa shape index (κ2) is 5.82. The van der Waals surface area contributed by atoms with Crippen molar-refractivity contribution in [2.24, 2.45) is 0 Å². The van der Waals surface area contributed by atoms with Gasteiger partial charge in [0.05, 0.1) is 13.7 Å². The highest BCUT2D eigenvalue weighted by Crippen LogP contribution is 2.15. The maximum Gasteiger partial charge on any atom is 0.238 e. The first-order valence-corrected chi connectivity index (χ1v) is 5.97. The lowest BCUT2D eigenvalue weighted by Crippen LogP contribution is -2.31. The third-order valence-electron chi connectivity index (χ3n) is 2.96. The van der Waals surface area contributed by atoms with Crippen LogP contribution in [0.15, 0.2) is 24.3 Å². The highest BCUT2D eigenvalue weighted by molar-refractivity contribution is 5.92. The van der Waals surface area contributed by atoms with Crippen LogP contribution in [-0.2, 0) is 4.79 Å². The van der Waals surface area contributed by atoms with E-state index in [0.29, 0.717) is 19.5 Å². The van der Waals surface area contributed by atoms with Gasteiger partial charge in [0.25, 0.3) is 0 Å². The number of amides is 1. The Morgan fingerprint density at radius 2 is 2.22 bits per heavy atom. The third-order valence-corrected chi connectivity index (χ3v) is 2.96. The summed E-state index contributed by atoms with van der Waals surface area (Å²) in [6.07, 6.45) is -0.269. The van der Waals surface area contributed by atoms with Crippen molar-refractivity contribution in [2.75, 3.05) is 32.1 Å². The minimum Gasteiger partial charge on any atom is -0.497 e. The average Bonchev–Trinajstić information content (AvgIpc) is 2.75. The number of carbonyl (C=O) groups excluding carboxylic acids is 1. The largest absolute Gasteiger partial charge is 0.497 e. The van der Waals surface area contributed by atoms with Crippen molar-refractivity contribution in [3.05, 3.63) is 24.3 Å². The van der Waals surface area contributed by atoms with E-state index in [0.717, 1.165) is 11.4 Å². The number of hydrogen-bond donors (Lipinski definition) is 1. The van der Waals surface area contributed by atoms with Crippen LogP contribution >= 0.6 is 0 Å². The molecule has 1 atom stereocenters. The minimum atomic E-state index is -0.793. The van der Waals surface area contributed by atoms with E-state index in [2.05, 4.69) is 5.32 Å². The average molecular weight is 252 g/mol. The van der Waals surface area contributed by atoms with Gasteiger partial charge in [0.15, 0.2) is 0 Å². The second-order valence-electron chi connectivity index (χ2n) is 4.40. The van der Waals surface area contributed by atoms with Gasteiger partial charge in [0, 0.05) is 18.8 Å². The van der Waals surface area contributed by atoms with Crippen LogP contribution in [0.25, 0.3) is 0 Å². The molecule has 0 aromatic heterocycles. The van der Waals surface area contributed by atoms with E-state index in [-0.39, 0.29) is 12.5 Å². The Morgan fingerprint density at radius 3 is 2.78 bits per heavy atom. The van der Waals surface area contributed by atoms with Gasteiger partial charge in [-0.2, -0.15) is 0 Å². The molecule has 4 nitrogen and oxygen atoms in total. The summed E-state index contributed by atoms with van der Waals surface area (Å²) in [5.41, 5.74) is 0.719. The summed E-state index contributed by atoms with van der Waals surface area (Å²) in [7, 11) is 1.59. The van der Waals surface area contributed by atoms with Crippen LogP contribution in [0.4, 0.5) is 10.1 Å². The molecule has 0 bridgehead atoms. The van der Waals surface area contributed by atoms with Crippen LogP contribution in [0.3, 0.4) is 0 Å². The first kappa shape index (κ1) is 12.8. The SMILES string of the molecule is COc1ccc(NC(=O)CN2CCC(F)C2)cc1. The van der Waals surface area contributed by atoms with Crippen LogP contribution in [0.2, 0.25) is 0 Å².